The van der Waals surface area contributed by atoms with E-state index in [4.69, 9.17) is 37.0 Å². The minimum Gasteiger partial charge on any atom is -0.462 e. The molecule has 0 spiro atoms. The largest absolute Gasteiger partial charge is 0.472 e. The minimum absolute atomic E-state index is 0.101. The third-order valence-corrected chi connectivity index (χ3v) is 20.1. The molecule has 0 aromatic heterocycles. The summed E-state index contributed by atoms with van der Waals surface area (Å²) in [7, 11) is -9.93. The Labute approximate surface area is 599 Å². The number of ether oxygens (including phenoxy) is 4. The van der Waals surface area contributed by atoms with Crippen LogP contribution in [0, 0.1) is 11.8 Å². The molecule has 0 saturated heterocycles. The first kappa shape index (κ1) is 95.5. The second kappa shape index (κ2) is 70.2. The molecule has 0 bridgehead atoms. The van der Waals surface area contributed by atoms with E-state index < -0.39 is 97.5 Å². The number of rotatable bonds is 76. The molecule has 6 atom stereocenters. The van der Waals surface area contributed by atoms with Gasteiger partial charge in [0.25, 0.3) is 0 Å². The van der Waals surface area contributed by atoms with E-state index in [-0.39, 0.29) is 25.7 Å². The van der Waals surface area contributed by atoms with E-state index in [2.05, 4.69) is 65.8 Å². The highest BCUT2D eigenvalue weighted by Gasteiger charge is 2.30. The summed E-state index contributed by atoms with van der Waals surface area (Å²) in [5.74, 6) is -0.595. The summed E-state index contributed by atoms with van der Waals surface area (Å²) in [6.45, 7) is 9.54. The van der Waals surface area contributed by atoms with Crippen molar-refractivity contribution in [3.05, 3.63) is 24.3 Å². The molecule has 19 heteroatoms. The zero-order chi connectivity index (χ0) is 72.1. The van der Waals surface area contributed by atoms with Crippen molar-refractivity contribution < 1.29 is 80.2 Å². The van der Waals surface area contributed by atoms with Gasteiger partial charge in [-0.25, -0.2) is 9.13 Å². The van der Waals surface area contributed by atoms with Crippen LogP contribution in [-0.4, -0.2) is 96.7 Å². The van der Waals surface area contributed by atoms with Gasteiger partial charge in [0.15, 0.2) is 12.2 Å². The van der Waals surface area contributed by atoms with Crippen LogP contribution in [0.1, 0.15) is 388 Å². The maximum atomic E-state index is 13.1. The predicted molar refractivity (Wildman–Crippen MR) is 400 cm³/mol. The Morgan fingerprint density at radius 1 is 0.337 bits per heavy atom. The van der Waals surface area contributed by atoms with Gasteiger partial charge in [-0.1, -0.05) is 336 Å². The fourth-order valence-electron chi connectivity index (χ4n) is 11.6. The molecule has 0 radical (unpaired) electrons. The van der Waals surface area contributed by atoms with Gasteiger partial charge in [0, 0.05) is 25.7 Å². The molecule has 98 heavy (non-hydrogen) atoms. The van der Waals surface area contributed by atoms with E-state index >= 15 is 0 Å². The number of carbonyl (C=O) groups is 4. The van der Waals surface area contributed by atoms with Crippen molar-refractivity contribution in [3.8, 4) is 0 Å². The normalized spacial score (nSPS) is 14.4. The fraction of sp³-hybridized carbons (Fsp3) is 0.899. The summed E-state index contributed by atoms with van der Waals surface area (Å²) in [6.07, 6.45) is 61.9. The number of hydrogen-bond acceptors (Lipinski definition) is 15. The Morgan fingerprint density at radius 2 is 0.602 bits per heavy atom. The van der Waals surface area contributed by atoms with Crippen LogP contribution in [0.25, 0.3) is 0 Å². The predicted octanol–water partition coefficient (Wildman–Crippen LogP) is 23.1. The number of unbranched alkanes of at least 4 members (excludes halogenated alkanes) is 42. The molecule has 0 aliphatic carbocycles. The summed E-state index contributed by atoms with van der Waals surface area (Å²) >= 11 is 0. The lowest BCUT2D eigenvalue weighted by Crippen LogP contribution is -2.30. The third kappa shape index (κ3) is 70.6. The lowest BCUT2D eigenvalue weighted by atomic mass is 10.00. The molecular formula is C79H150O17P2. The second-order valence-electron chi connectivity index (χ2n) is 28.5. The van der Waals surface area contributed by atoms with Gasteiger partial charge in [0.05, 0.1) is 26.4 Å². The van der Waals surface area contributed by atoms with Gasteiger partial charge < -0.3 is 33.8 Å². The average Bonchev–Trinajstić information content (AvgIpc) is 0.974. The number of hydrogen-bond donors (Lipinski definition) is 3. The van der Waals surface area contributed by atoms with Crippen LogP contribution in [0.4, 0.5) is 0 Å². The van der Waals surface area contributed by atoms with Crippen molar-refractivity contribution in [1.82, 2.24) is 0 Å². The van der Waals surface area contributed by atoms with E-state index in [0.717, 1.165) is 127 Å². The monoisotopic (exact) mass is 1430 g/mol. The smallest absolute Gasteiger partial charge is 0.462 e. The second-order valence-corrected chi connectivity index (χ2v) is 31.4. The van der Waals surface area contributed by atoms with Crippen LogP contribution in [0.15, 0.2) is 24.3 Å². The van der Waals surface area contributed by atoms with Gasteiger partial charge in [-0.15, -0.1) is 0 Å². The van der Waals surface area contributed by atoms with Crippen molar-refractivity contribution in [2.75, 3.05) is 39.6 Å². The van der Waals surface area contributed by atoms with Gasteiger partial charge in [-0.3, -0.25) is 37.3 Å². The van der Waals surface area contributed by atoms with Gasteiger partial charge >= 0.3 is 39.5 Å². The van der Waals surface area contributed by atoms with Gasteiger partial charge in [0.1, 0.15) is 19.3 Å². The molecule has 0 rings (SSSR count). The van der Waals surface area contributed by atoms with Crippen molar-refractivity contribution in [2.24, 2.45) is 11.8 Å². The van der Waals surface area contributed by atoms with Crippen molar-refractivity contribution in [2.45, 2.75) is 407 Å². The summed E-state index contributed by atoms with van der Waals surface area (Å²) in [4.78, 5) is 72.9. The molecule has 0 aliphatic heterocycles. The van der Waals surface area contributed by atoms with Gasteiger partial charge in [-0.2, -0.15) is 0 Å². The first-order valence-electron chi connectivity index (χ1n) is 40.3. The van der Waals surface area contributed by atoms with Crippen LogP contribution >= 0.6 is 15.6 Å². The van der Waals surface area contributed by atoms with E-state index in [1.807, 2.05) is 0 Å². The van der Waals surface area contributed by atoms with Gasteiger partial charge in [-0.05, 0) is 63.2 Å². The molecule has 0 aliphatic rings. The molecule has 0 fully saturated rings. The Bertz CT molecular complexity index is 1990. The zero-order valence-corrected chi connectivity index (χ0v) is 65.4. The number of phosphoric acid groups is 2. The molecule has 3 N–H and O–H groups in total. The number of allylic oxidation sites excluding steroid dienone is 4. The van der Waals surface area contributed by atoms with Gasteiger partial charge in [0.2, 0.25) is 0 Å². The fourth-order valence-corrected chi connectivity index (χ4v) is 13.2. The number of aliphatic hydroxyl groups excluding tert-OH is 1. The lowest BCUT2D eigenvalue weighted by molar-refractivity contribution is -0.161. The molecule has 0 aromatic carbocycles. The standard InChI is InChI=1S/C79H150O17P2/c1-7-10-12-14-16-18-20-22-27-31-35-38-42-49-55-61-76(81)89-67-74(95-79(84)64-58-52-44-40-36-32-29-26-24-23-25-28-30-33-37-41-47-53-59-71(4)5)69-93-97(85,86)91-65-73(80)66-92-98(87,88)94-70-75(68-90-77(82)62-56-50-46-45-48-54-60-72(6)9-3)96-78(83)63-57-51-43-39-34-21-19-17-15-13-11-8-2/h18,20,22,27,71-75,80H,7-17,19,21,23-26,28-70H2,1-6H3,(H,85,86)(H,87,88)/b20-18-,27-22-/t72?,73-,74-,75-/m1/s1. The minimum atomic E-state index is -4.97. The molecule has 0 amide bonds. The third-order valence-electron chi connectivity index (χ3n) is 18.2. The molecule has 0 saturated carbocycles. The van der Waals surface area contributed by atoms with Crippen LogP contribution in [0.2, 0.25) is 0 Å². The molecule has 578 valence electrons. The van der Waals surface area contributed by atoms with Crippen LogP contribution in [-0.2, 0) is 65.4 Å². The van der Waals surface area contributed by atoms with Crippen LogP contribution in [0.3, 0.4) is 0 Å². The Kier molecular flexibility index (Phi) is 68.5. The highest BCUT2D eigenvalue weighted by molar-refractivity contribution is 7.47. The number of esters is 4. The van der Waals surface area contributed by atoms with Crippen molar-refractivity contribution in [1.29, 1.82) is 0 Å². The highest BCUT2D eigenvalue weighted by Crippen LogP contribution is 2.45. The Hall–Kier alpha value is -2.46. The average molecular weight is 1430 g/mol. The van der Waals surface area contributed by atoms with Crippen molar-refractivity contribution >= 4 is 39.5 Å². The van der Waals surface area contributed by atoms with E-state index in [9.17, 15) is 43.2 Å². The summed E-state index contributed by atoms with van der Waals surface area (Å²) in [5.41, 5.74) is 0. The number of phosphoric ester groups is 2. The molecule has 3 unspecified atom stereocenters. The maximum Gasteiger partial charge on any atom is 0.472 e. The Balaban J connectivity index is 5.25. The first-order valence-corrected chi connectivity index (χ1v) is 43.3. The topological polar surface area (TPSA) is 237 Å². The number of aliphatic hydroxyl groups is 1. The van der Waals surface area contributed by atoms with E-state index in [0.29, 0.717) is 25.7 Å². The molecule has 17 nitrogen and oxygen atoms in total. The van der Waals surface area contributed by atoms with Crippen LogP contribution in [0.5, 0.6) is 0 Å². The molecular weight excluding hydrogens is 1280 g/mol. The van der Waals surface area contributed by atoms with E-state index in [1.165, 1.54) is 180 Å². The lowest BCUT2D eigenvalue weighted by Gasteiger charge is -2.21. The summed E-state index contributed by atoms with van der Waals surface area (Å²) in [5, 5.41) is 10.6. The van der Waals surface area contributed by atoms with Crippen LogP contribution < -0.4 is 0 Å². The molecule has 0 aromatic rings. The quantitative estimate of drug-likeness (QED) is 0.0169. The van der Waals surface area contributed by atoms with E-state index in [1.54, 1.807) is 0 Å². The SMILES string of the molecule is CCCCCC/C=C\C=C/CCCCCCCC(=O)OC[C@H](COP(=O)(O)OC[C@@H](O)COP(=O)(O)OC[C@@H](COC(=O)CCCCCCCCC(C)CC)OC(=O)CCCCCCCCCCCCCC)OC(=O)CCCCCCCCCCCCCCCCCCCCC(C)C. The number of carbonyl (C=O) groups excluding carboxylic acids is 4. The zero-order valence-electron chi connectivity index (χ0n) is 63.6. The molecule has 0 heterocycles. The maximum absolute atomic E-state index is 13.1. The summed E-state index contributed by atoms with van der Waals surface area (Å²) < 4.78 is 68.5. The first-order chi connectivity index (χ1) is 47.4. The summed E-state index contributed by atoms with van der Waals surface area (Å²) in [6, 6.07) is 0. The van der Waals surface area contributed by atoms with Crippen molar-refractivity contribution in [3.63, 3.8) is 0 Å². The Morgan fingerprint density at radius 3 is 0.918 bits per heavy atom. The highest BCUT2D eigenvalue weighted by atomic mass is 31.2.